The quantitative estimate of drug-likeness (QED) is 0.815. The molecular weight excluding hydrogens is 295 g/mol. The van der Waals surface area contributed by atoms with Crippen LogP contribution in [-0.4, -0.2) is 12.5 Å². The molecule has 0 heterocycles. The fourth-order valence-electron chi connectivity index (χ4n) is 2.71. The van der Waals surface area contributed by atoms with Gasteiger partial charge in [0, 0.05) is 12.1 Å². The van der Waals surface area contributed by atoms with Crippen molar-refractivity contribution in [3.05, 3.63) is 27.7 Å². The molecule has 5 heteroatoms. The Balaban J connectivity index is 1.85. The number of amides is 1. The third-order valence-corrected chi connectivity index (χ3v) is 4.70. The minimum absolute atomic E-state index is 0.147. The zero-order valence-corrected chi connectivity index (χ0v) is 12.9. The maximum absolute atomic E-state index is 12.0. The summed E-state index contributed by atoms with van der Waals surface area (Å²) in [4.78, 5) is 12.0. The number of carbonyl (C=O) groups excluding carboxylic acids is 1. The van der Waals surface area contributed by atoms with Crippen LogP contribution in [0.25, 0.3) is 0 Å². The van der Waals surface area contributed by atoms with E-state index in [1.54, 1.807) is 12.1 Å². The van der Waals surface area contributed by atoms with E-state index >= 15 is 0 Å². The molecular formula is C15H20Cl2N2O. The molecule has 1 saturated carbocycles. The van der Waals surface area contributed by atoms with Gasteiger partial charge in [-0.15, -0.1) is 0 Å². The third-order valence-electron chi connectivity index (χ3n) is 3.88. The number of benzene rings is 1. The van der Waals surface area contributed by atoms with Gasteiger partial charge in [-0.2, -0.15) is 0 Å². The van der Waals surface area contributed by atoms with E-state index in [0.717, 1.165) is 12.3 Å². The van der Waals surface area contributed by atoms with Gasteiger partial charge in [0.15, 0.2) is 0 Å². The Labute approximate surface area is 129 Å². The molecule has 0 saturated heterocycles. The largest absolute Gasteiger partial charge is 0.397 e. The molecule has 1 aromatic carbocycles. The molecule has 0 radical (unpaired) electrons. The number of hydrogen-bond acceptors (Lipinski definition) is 2. The first-order valence-corrected chi connectivity index (χ1v) is 7.86. The van der Waals surface area contributed by atoms with Crippen LogP contribution in [0.3, 0.4) is 0 Å². The van der Waals surface area contributed by atoms with Crippen molar-refractivity contribution in [2.75, 3.05) is 12.3 Å². The van der Waals surface area contributed by atoms with Gasteiger partial charge in [0.25, 0.3) is 5.91 Å². The van der Waals surface area contributed by atoms with Crippen molar-refractivity contribution in [2.45, 2.75) is 38.5 Å². The smallest absolute Gasteiger partial charge is 0.251 e. The molecule has 1 aliphatic carbocycles. The van der Waals surface area contributed by atoms with Gasteiger partial charge in [0.2, 0.25) is 0 Å². The Morgan fingerprint density at radius 3 is 2.60 bits per heavy atom. The highest BCUT2D eigenvalue weighted by molar-refractivity contribution is 6.43. The van der Waals surface area contributed by atoms with E-state index < -0.39 is 0 Å². The van der Waals surface area contributed by atoms with Crippen LogP contribution in [0.15, 0.2) is 12.1 Å². The third kappa shape index (κ3) is 4.03. The van der Waals surface area contributed by atoms with Crippen molar-refractivity contribution in [3.63, 3.8) is 0 Å². The number of nitrogens with two attached hydrogens (primary N) is 1. The predicted molar refractivity (Wildman–Crippen MR) is 84.4 cm³/mol. The van der Waals surface area contributed by atoms with Crippen LogP contribution in [0.4, 0.5) is 5.69 Å². The number of halogens is 2. The van der Waals surface area contributed by atoms with E-state index in [1.807, 2.05) is 0 Å². The average molecular weight is 315 g/mol. The number of hydrogen-bond donors (Lipinski definition) is 2. The molecule has 2 rings (SSSR count). The molecule has 20 heavy (non-hydrogen) atoms. The highest BCUT2D eigenvalue weighted by Crippen LogP contribution is 2.29. The number of anilines is 1. The van der Waals surface area contributed by atoms with Gasteiger partial charge in [-0.25, -0.2) is 0 Å². The maximum Gasteiger partial charge on any atom is 0.251 e. The summed E-state index contributed by atoms with van der Waals surface area (Å²) in [7, 11) is 0. The van der Waals surface area contributed by atoms with Crippen LogP contribution in [0.2, 0.25) is 10.0 Å². The van der Waals surface area contributed by atoms with Crippen LogP contribution >= 0.6 is 23.2 Å². The van der Waals surface area contributed by atoms with Crippen molar-refractivity contribution >= 4 is 34.8 Å². The molecule has 3 N–H and O–H groups in total. The van der Waals surface area contributed by atoms with E-state index in [4.69, 9.17) is 28.9 Å². The van der Waals surface area contributed by atoms with Crippen LogP contribution in [0.1, 0.15) is 48.9 Å². The summed E-state index contributed by atoms with van der Waals surface area (Å²) in [5.74, 6) is 0.606. The molecule has 1 amide bonds. The van der Waals surface area contributed by atoms with E-state index in [2.05, 4.69) is 5.32 Å². The highest BCUT2D eigenvalue weighted by atomic mass is 35.5. The van der Waals surface area contributed by atoms with Crippen LogP contribution in [-0.2, 0) is 0 Å². The monoisotopic (exact) mass is 314 g/mol. The number of carbonyl (C=O) groups is 1. The van der Waals surface area contributed by atoms with Crippen molar-refractivity contribution in [1.29, 1.82) is 0 Å². The van der Waals surface area contributed by atoms with Crippen molar-refractivity contribution in [2.24, 2.45) is 5.92 Å². The summed E-state index contributed by atoms with van der Waals surface area (Å²) in [5, 5.41) is 3.53. The predicted octanol–water partition coefficient (Wildman–Crippen LogP) is 4.28. The van der Waals surface area contributed by atoms with Crippen LogP contribution < -0.4 is 11.1 Å². The number of nitrogens with one attached hydrogen (secondary N) is 1. The molecule has 1 fully saturated rings. The average Bonchev–Trinajstić information content (AvgIpc) is 2.45. The summed E-state index contributed by atoms with van der Waals surface area (Å²) in [6.45, 7) is 0.698. The Morgan fingerprint density at radius 1 is 1.25 bits per heavy atom. The minimum Gasteiger partial charge on any atom is -0.397 e. The first kappa shape index (κ1) is 15.5. The molecule has 1 aliphatic rings. The minimum atomic E-state index is -0.147. The summed E-state index contributed by atoms with van der Waals surface area (Å²) < 4.78 is 0. The molecule has 1 aromatic rings. The Kier molecular flexibility index (Phi) is 5.55. The Morgan fingerprint density at radius 2 is 1.95 bits per heavy atom. The standard InChI is InChI=1S/C15H20Cl2N2O/c16-12-8-11(9-13(18)14(12)17)15(20)19-7-6-10-4-2-1-3-5-10/h8-10H,1-7,18H2,(H,19,20). The number of nitrogen functional groups attached to an aromatic ring is 1. The SMILES string of the molecule is Nc1cc(C(=O)NCCC2CCCCC2)cc(Cl)c1Cl. The van der Waals surface area contributed by atoms with Gasteiger partial charge in [0.05, 0.1) is 15.7 Å². The first-order chi connectivity index (χ1) is 9.58. The second-order valence-corrected chi connectivity index (χ2v) is 6.20. The van der Waals surface area contributed by atoms with Gasteiger partial charge in [-0.05, 0) is 24.5 Å². The van der Waals surface area contributed by atoms with Crippen molar-refractivity contribution in [3.8, 4) is 0 Å². The van der Waals surface area contributed by atoms with Gasteiger partial charge >= 0.3 is 0 Å². The van der Waals surface area contributed by atoms with E-state index in [-0.39, 0.29) is 5.91 Å². The normalized spacial score (nSPS) is 16.1. The van der Waals surface area contributed by atoms with Crippen molar-refractivity contribution < 1.29 is 4.79 Å². The molecule has 3 nitrogen and oxygen atoms in total. The first-order valence-electron chi connectivity index (χ1n) is 7.10. The molecule has 0 bridgehead atoms. The summed E-state index contributed by atoms with van der Waals surface area (Å²) in [6.07, 6.45) is 7.61. The van der Waals surface area contributed by atoms with Gasteiger partial charge < -0.3 is 11.1 Å². The molecule has 110 valence electrons. The van der Waals surface area contributed by atoms with Gasteiger partial charge in [-0.3, -0.25) is 4.79 Å². The zero-order valence-electron chi connectivity index (χ0n) is 11.4. The lowest BCUT2D eigenvalue weighted by Gasteiger charge is -2.21. The van der Waals surface area contributed by atoms with Crippen molar-refractivity contribution in [1.82, 2.24) is 5.32 Å². The summed E-state index contributed by atoms with van der Waals surface area (Å²) in [5.41, 5.74) is 6.50. The fraction of sp³-hybridized carbons (Fsp3) is 0.533. The molecule has 0 spiro atoms. The molecule has 0 aromatic heterocycles. The highest BCUT2D eigenvalue weighted by Gasteiger charge is 2.14. The topological polar surface area (TPSA) is 55.1 Å². The summed E-state index contributed by atoms with van der Waals surface area (Å²) >= 11 is 11.8. The van der Waals surface area contributed by atoms with Gasteiger partial charge in [0.1, 0.15) is 0 Å². The second kappa shape index (κ2) is 7.19. The Bertz CT molecular complexity index is 462. The molecule has 0 atom stereocenters. The molecule has 0 unspecified atom stereocenters. The fourth-order valence-corrected chi connectivity index (χ4v) is 3.04. The maximum atomic E-state index is 12.0. The van der Waals surface area contributed by atoms with Gasteiger partial charge in [-0.1, -0.05) is 55.3 Å². The van der Waals surface area contributed by atoms with Crippen LogP contribution in [0, 0.1) is 5.92 Å². The Hall–Kier alpha value is -0.930. The van der Waals surface area contributed by atoms with E-state index in [9.17, 15) is 4.79 Å². The lowest BCUT2D eigenvalue weighted by Crippen LogP contribution is -2.26. The lowest BCUT2D eigenvalue weighted by atomic mass is 9.87. The zero-order chi connectivity index (χ0) is 14.5. The van der Waals surface area contributed by atoms with E-state index in [0.29, 0.717) is 27.8 Å². The second-order valence-electron chi connectivity index (χ2n) is 5.41. The molecule has 0 aliphatic heterocycles. The van der Waals surface area contributed by atoms with E-state index in [1.165, 1.54) is 32.1 Å². The van der Waals surface area contributed by atoms with Crippen LogP contribution in [0.5, 0.6) is 0 Å². The lowest BCUT2D eigenvalue weighted by molar-refractivity contribution is 0.0950. The summed E-state index contributed by atoms with van der Waals surface area (Å²) in [6, 6.07) is 3.11. The number of rotatable bonds is 4.